The molecule has 3 fully saturated rings. The van der Waals surface area contributed by atoms with E-state index in [9.17, 15) is 9.59 Å². The van der Waals surface area contributed by atoms with Crippen molar-refractivity contribution < 1.29 is 14.3 Å². The van der Waals surface area contributed by atoms with Gasteiger partial charge in [0.25, 0.3) is 0 Å². The predicted molar refractivity (Wildman–Crippen MR) is 116 cm³/mol. The van der Waals surface area contributed by atoms with E-state index in [0.29, 0.717) is 19.5 Å². The second kappa shape index (κ2) is 9.06. The number of likely N-dealkylation sites (tertiary alicyclic amines) is 2. The van der Waals surface area contributed by atoms with Gasteiger partial charge in [-0.05, 0) is 39.2 Å². The Kier molecular flexibility index (Phi) is 6.44. The van der Waals surface area contributed by atoms with Crippen LogP contribution < -0.4 is 0 Å². The SMILES string of the molecule is Cc1ccc(CN2C[C@H](C(=O)N3CCC[C@@H]3CN3C[C@@H](C)O[C@@H](C)C3)CC2=O)cc1. The highest BCUT2D eigenvalue weighted by atomic mass is 16.5. The highest BCUT2D eigenvalue weighted by Gasteiger charge is 2.40. The number of hydrogen-bond acceptors (Lipinski definition) is 4. The summed E-state index contributed by atoms with van der Waals surface area (Å²) in [6, 6.07) is 8.54. The first-order valence-electron chi connectivity index (χ1n) is 11.4. The minimum atomic E-state index is -0.203. The van der Waals surface area contributed by atoms with E-state index >= 15 is 0 Å². The van der Waals surface area contributed by atoms with Crippen molar-refractivity contribution in [2.75, 3.05) is 32.7 Å². The summed E-state index contributed by atoms with van der Waals surface area (Å²) in [5.74, 6) is 0.0678. The Hall–Kier alpha value is -1.92. The van der Waals surface area contributed by atoms with E-state index in [-0.39, 0.29) is 36.0 Å². The molecule has 2 amide bonds. The fourth-order valence-electron chi connectivity index (χ4n) is 5.29. The molecule has 4 rings (SSSR count). The molecule has 4 atom stereocenters. The predicted octanol–water partition coefficient (Wildman–Crippen LogP) is 2.44. The summed E-state index contributed by atoms with van der Waals surface area (Å²) in [5.41, 5.74) is 2.33. The van der Waals surface area contributed by atoms with E-state index in [1.165, 1.54) is 5.56 Å². The highest BCUT2D eigenvalue weighted by molar-refractivity contribution is 5.89. The van der Waals surface area contributed by atoms with Gasteiger partial charge in [0.1, 0.15) is 0 Å². The van der Waals surface area contributed by atoms with Crippen LogP contribution in [-0.4, -0.2) is 77.5 Å². The van der Waals surface area contributed by atoms with Crippen LogP contribution in [0.2, 0.25) is 0 Å². The lowest BCUT2D eigenvalue weighted by Gasteiger charge is -2.38. The maximum atomic E-state index is 13.3. The molecular weight excluding hydrogens is 378 g/mol. The van der Waals surface area contributed by atoms with Gasteiger partial charge in [-0.15, -0.1) is 0 Å². The second-order valence-corrected chi connectivity index (χ2v) is 9.46. The second-order valence-electron chi connectivity index (χ2n) is 9.46. The number of carbonyl (C=O) groups is 2. The van der Waals surface area contributed by atoms with Crippen LogP contribution in [0.5, 0.6) is 0 Å². The zero-order valence-corrected chi connectivity index (χ0v) is 18.5. The van der Waals surface area contributed by atoms with Crippen LogP contribution in [0.3, 0.4) is 0 Å². The van der Waals surface area contributed by atoms with Crippen molar-refractivity contribution in [2.24, 2.45) is 5.92 Å². The first-order valence-corrected chi connectivity index (χ1v) is 11.4. The largest absolute Gasteiger partial charge is 0.373 e. The third-order valence-corrected chi connectivity index (χ3v) is 6.68. The van der Waals surface area contributed by atoms with E-state index in [4.69, 9.17) is 4.74 Å². The lowest BCUT2D eigenvalue weighted by atomic mass is 10.1. The van der Waals surface area contributed by atoms with Crippen molar-refractivity contribution in [2.45, 2.75) is 64.8 Å². The molecule has 0 aromatic heterocycles. The van der Waals surface area contributed by atoms with Crippen LogP contribution in [0.15, 0.2) is 24.3 Å². The van der Waals surface area contributed by atoms with Crippen molar-refractivity contribution >= 4 is 11.8 Å². The van der Waals surface area contributed by atoms with Gasteiger partial charge in [-0.3, -0.25) is 14.5 Å². The molecule has 3 aliphatic heterocycles. The topological polar surface area (TPSA) is 53.1 Å². The smallest absolute Gasteiger partial charge is 0.228 e. The number of nitrogens with zero attached hydrogens (tertiary/aromatic N) is 3. The third kappa shape index (κ3) is 4.86. The minimum absolute atomic E-state index is 0.0977. The van der Waals surface area contributed by atoms with Crippen LogP contribution in [0.25, 0.3) is 0 Å². The quantitative estimate of drug-likeness (QED) is 0.744. The molecule has 0 radical (unpaired) electrons. The zero-order valence-electron chi connectivity index (χ0n) is 18.5. The molecule has 3 aliphatic rings. The molecule has 3 heterocycles. The van der Waals surface area contributed by atoms with Gasteiger partial charge in [0.2, 0.25) is 11.8 Å². The highest BCUT2D eigenvalue weighted by Crippen LogP contribution is 2.27. The Labute approximate surface area is 180 Å². The first kappa shape index (κ1) is 21.3. The average Bonchev–Trinajstić information content (AvgIpc) is 3.29. The van der Waals surface area contributed by atoms with Gasteiger partial charge < -0.3 is 14.5 Å². The Morgan fingerprint density at radius 2 is 1.80 bits per heavy atom. The number of ether oxygens (including phenoxy) is 1. The Morgan fingerprint density at radius 3 is 2.50 bits per heavy atom. The minimum Gasteiger partial charge on any atom is -0.373 e. The van der Waals surface area contributed by atoms with Crippen LogP contribution in [0.4, 0.5) is 0 Å². The molecule has 0 bridgehead atoms. The van der Waals surface area contributed by atoms with Crippen molar-refractivity contribution in [3.05, 3.63) is 35.4 Å². The molecule has 0 spiro atoms. The number of aryl methyl sites for hydroxylation is 1. The molecular formula is C24H35N3O3. The standard InChI is InChI=1S/C24H35N3O3/c1-17-6-8-20(9-7-17)14-26-15-21(11-23(26)28)24(29)27-10-4-5-22(27)16-25-12-18(2)30-19(3)13-25/h6-9,18-19,21-22H,4-5,10-16H2,1-3H3/t18-,19+,21-,22-/m1/s1. The average molecular weight is 414 g/mol. The fraction of sp³-hybridized carbons (Fsp3) is 0.667. The molecule has 0 saturated carbocycles. The van der Waals surface area contributed by atoms with Gasteiger partial charge in [-0.2, -0.15) is 0 Å². The third-order valence-electron chi connectivity index (χ3n) is 6.68. The lowest BCUT2D eigenvalue weighted by molar-refractivity contribution is -0.137. The number of rotatable bonds is 5. The summed E-state index contributed by atoms with van der Waals surface area (Å²) >= 11 is 0. The molecule has 6 nitrogen and oxygen atoms in total. The number of hydrogen-bond donors (Lipinski definition) is 0. The van der Waals surface area contributed by atoms with Gasteiger partial charge in [0, 0.05) is 51.7 Å². The zero-order chi connectivity index (χ0) is 21.3. The van der Waals surface area contributed by atoms with Crippen LogP contribution in [-0.2, 0) is 20.9 Å². The summed E-state index contributed by atoms with van der Waals surface area (Å²) < 4.78 is 5.85. The van der Waals surface area contributed by atoms with E-state index in [0.717, 1.165) is 44.6 Å². The van der Waals surface area contributed by atoms with Crippen LogP contribution in [0, 0.1) is 12.8 Å². The number of amides is 2. The number of benzene rings is 1. The first-order chi connectivity index (χ1) is 14.4. The summed E-state index contributed by atoms with van der Waals surface area (Å²) in [6.07, 6.45) is 2.93. The van der Waals surface area contributed by atoms with Gasteiger partial charge in [-0.1, -0.05) is 29.8 Å². The van der Waals surface area contributed by atoms with Crippen molar-refractivity contribution in [1.29, 1.82) is 0 Å². The Morgan fingerprint density at radius 1 is 1.10 bits per heavy atom. The Balaban J connectivity index is 1.35. The number of morpholine rings is 1. The summed E-state index contributed by atoms with van der Waals surface area (Å²) in [4.78, 5) is 32.3. The Bertz CT molecular complexity index is 755. The molecule has 0 N–H and O–H groups in total. The summed E-state index contributed by atoms with van der Waals surface area (Å²) in [5, 5.41) is 0. The molecule has 0 aliphatic carbocycles. The van der Waals surface area contributed by atoms with E-state index in [1.54, 1.807) is 0 Å². The number of carbonyl (C=O) groups excluding carboxylic acids is 2. The molecule has 0 unspecified atom stereocenters. The van der Waals surface area contributed by atoms with E-state index < -0.39 is 0 Å². The molecule has 6 heteroatoms. The van der Waals surface area contributed by atoms with Gasteiger partial charge in [-0.25, -0.2) is 0 Å². The molecule has 1 aromatic carbocycles. The van der Waals surface area contributed by atoms with Gasteiger partial charge >= 0.3 is 0 Å². The van der Waals surface area contributed by atoms with E-state index in [1.807, 2.05) is 4.90 Å². The van der Waals surface area contributed by atoms with Gasteiger partial charge in [0.15, 0.2) is 0 Å². The maximum absolute atomic E-state index is 13.3. The molecule has 1 aromatic rings. The monoisotopic (exact) mass is 413 g/mol. The van der Waals surface area contributed by atoms with Crippen LogP contribution in [0.1, 0.15) is 44.2 Å². The van der Waals surface area contributed by atoms with Crippen LogP contribution >= 0.6 is 0 Å². The molecule has 30 heavy (non-hydrogen) atoms. The lowest BCUT2D eigenvalue weighted by Crippen LogP contribution is -2.51. The van der Waals surface area contributed by atoms with E-state index in [2.05, 4.69) is 54.8 Å². The summed E-state index contributed by atoms with van der Waals surface area (Å²) in [7, 11) is 0. The van der Waals surface area contributed by atoms with Crippen molar-refractivity contribution in [3.8, 4) is 0 Å². The summed E-state index contributed by atoms with van der Waals surface area (Å²) in [6.45, 7) is 11.0. The van der Waals surface area contributed by atoms with Crippen molar-refractivity contribution in [1.82, 2.24) is 14.7 Å². The fourth-order valence-corrected chi connectivity index (χ4v) is 5.29. The normalized spacial score (nSPS) is 30.3. The maximum Gasteiger partial charge on any atom is 0.228 e. The molecule has 164 valence electrons. The van der Waals surface area contributed by atoms with Gasteiger partial charge in [0.05, 0.1) is 18.1 Å². The van der Waals surface area contributed by atoms with Crippen molar-refractivity contribution in [3.63, 3.8) is 0 Å². The molecule has 3 saturated heterocycles.